The van der Waals surface area contributed by atoms with Gasteiger partial charge >= 0.3 is 5.97 Å². The molecule has 0 spiro atoms. The largest absolute Gasteiger partial charge is 0.478 e. The van der Waals surface area contributed by atoms with Crippen molar-refractivity contribution in [1.29, 1.82) is 0 Å². The fourth-order valence-corrected chi connectivity index (χ4v) is 4.22. The summed E-state index contributed by atoms with van der Waals surface area (Å²) in [5, 5.41) is 15.4. The molecule has 3 aromatic carbocycles. The maximum Gasteiger partial charge on any atom is 0.335 e. The predicted octanol–water partition coefficient (Wildman–Crippen LogP) is 6.40. The molecule has 172 valence electrons. The molecular weight excluding hydrogens is 426 g/mol. The first kappa shape index (κ1) is 22.9. The average Bonchev–Trinajstić information content (AvgIpc) is 3.21. The van der Waals surface area contributed by atoms with Crippen molar-refractivity contribution in [2.75, 3.05) is 17.7 Å². The second-order valence-corrected chi connectivity index (χ2v) is 8.23. The minimum absolute atomic E-state index is 0.00472. The summed E-state index contributed by atoms with van der Waals surface area (Å²) in [7, 11) is 1.82. The van der Waals surface area contributed by atoms with Crippen molar-refractivity contribution in [1.82, 2.24) is 4.57 Å². The van der Waals surface area contributed by atoms with Crippen molar-refractivity contribution in [2.24, 2.45) is 0 Å². The number of hydrogen-bond donors (Lipinski definition) is 3. The van der Waals surface area contributed by atoms with Gasteiger partial charge in [-0.15, -0.1) is 0 Å². The number of carbonyl (C=O) groups excluding carboxylic acids is 1. The molecule has 1 heterocycles. The number of anilines is 2. The van der Waals surface area contributed by atoms with Crippen LogP contribution in [-0.4, -0.2) is 28.6 Å². The Hall–Kier alpha value is -4.32. The molecule has 0 aliphatic rings. The molecule has 0 atom stereocenters. The van der Waals surface area contributed by atoms with Gasteiger partial charge in [0.25, 0.3) is 5.91 Å². The zero-order chi connectivity index (χ0) is 24.2. The SMILES string of the molecule is CNc1c(-c2ccccc2)c(-c2ccccc2)n(C(C)C)c1C(=O)Nc1ccc(C(=O)O)cc1. The first-order valence-electron chi connectivity index (χ1n) is 11.1. The Morgan fingerprint density at radius 2 is 1.38 bits per heavy atom. The summed E-state index contributed by atoms with van der Waals surface area (Å²) < 4.78 is 2.06. The van der Waals surface area contributed by atoms with E-state index in [9.17, 15) is 9.59 Å². The van der Waals surface area contributed by atoms with E-state index in [1.807, 2.05) is 67.7 Å². The van der Waals surface area contributed by atoms with E-state index < -0.39 is 5.97 Å². The Balaban J connectivity index is 1.92. The molecule has 6 heteroatoms. The molecule has 3 N–H and O–H groups in total. The Kier molecular flexibility index (Phi) is 6.50. The van der Waals surface area contributed by atoms with E-state index in [-0.39, 0.29) is 17.5 Å². The van der Waals surface area contributed by atoms with Crippen LogP contribution in [0.5, 0.6) is 0 Å². The zero-order valence-electron chi connectivity index (χ0n) is 19.4. The van der Waals surface area contributed by atoms with Crippen LogP contribution in [0.15, 0.2) is 84.9 Å². The van der Waals surface area contributed by atoms with Crippen molar-refractivity contribution >= 4 is 23.3 Å². The van der Waals surface area contributed by atoms with Crippen molar-refractivity contribution in [2.45, 2.75) is 19.9 Å². The molecule has 4 aromatic rings. The molecule has 0 saturated carbocycles. The lowest BCUT2D eigenvalue weighted by Gasteiger charge is -2.18. The van der Waals surface area contributed by atoms with E-state index in [0.717, 1.165) is 28.1 Å². The topological polar surface area (TPSA) is 83.4 Å². The first-order valence-corrected chi connectivity index (χ1v) is 11.1. The highest BCUT2D eigenvalue weighted by molar-refractivity contribution is 6.12. The highest BCUT2D eigenvalue weighted by atomic mass is 16.4. The lowest BCUT2D eigenvalue weighted by molar-refractivity contribution is 0.0696. The highest BCUT2D eigenvalue weighted by Gasteiger charge is 2.29. The lowest BCUT2D eigenvalue weighted by Crippen LogP contribution is -2.20. The summed E-state index contributed by atoms with van der Waals surface area (Å²) in [5.74, 6) is -1.29. The van der Waals surface area contributed by atoms with Gasteiger partial charge in [0.15, 0.2) is 0 Å². The number of benzene rings is 3. The van der Waals surface area contributed by atoms with Gasteiger partial charge in [0, 0.05) is 24.3 Å². The van der Waals surface area contributed by atoms with Gasteiger partial charge < -0.3 is 20.3 Å². The highest BCUT2D eigenvalue weighted by Crippen LogP contribution is 2.44. The Morgan fingerprint density at radius 3 is 1.88 bits per heavy atom. The van der Waals surface area contributed by atoms with Crippen molar-refractivity contribution in [3.8, 4) is 22.4 Å². The number of nitrogens with one attached hydrogen (secondary N) is 2. The number of rotatable bonds is 7. The summed E-state index contributed by atoms with van der Waals surface area (Å²) in [5.41, 5.74) is 5.86. The quantitative estimate of drug-likeness (QED) is 0.303. The summed E-state index contributed by atoms with van der Waals surface area (Å²) in [4.78, 5) is 24.8. The number of carboxylic acid groups (broad SMARTS) is 1. The van der Waals surface area contributed by atoms with Gasteiger partial charge in [-0.1, -0.05) is 60.7 Å². The second kappa shape index (κ2) is 9.67. The molecule has 6 nitrogen and oxygen atoms in total. The van der Waals surface area contributed by atoms with Gasteiger partial charge in [0.05, 0.1) is 16.9 Å². The Morgan fingerprint density at radius 1 is 0.824 bits per heavy atom. The molecule has 0 fully saturated rings. The van der Waals surface area contributed by atoms with Crippen LogP contribution in [0, 0.1) is 0 Å². The van der Waals surface area contributed by atoms with Crippen molar-refractivity contribution in [3.05, 3.63) is 96.2 Å². The van der Waals surface area contributed by atoms with Gasteiger partial charge in [-0.25, -0.2) is 4.79 Å². The fraction of sp³-hybridized carbons (Fsp3) is 0.143. The molecular formula is C28H27N3O3. The Bertz CT molecular complexity index is 1310. The molecule has 0 aliphatic heterocycles. The molecule has 1 aromatic heterocycles. The number of aromatic nitrogens is 1. The molecule has 34 heavy (non-hydrogen) atoms. The van der Waals surface area contributed by atoms with Gasteiger partial charge in [-0.2, -0.15) is 0 Å². The monoisotopic (exact) mass is 453 g/mol. The number of nitrogens with zero attached hydrogens (tertiary/aromatic N) is 1. The summed E-state index contributed by atoms with van der Waals surface area (Å²) >= 11 is 0. The molecule has 1 amide bonds. The fourth-order valence-electron chi connectivity index (χ4n) is 4.22. The smallest absolute Gasteiger partial charge is 0.335 e. The van der Waals surface area contributed by atoms with Crippen LogP contribution in [0.2, 0.25) is 0 Å². The third-order valence-electron chi connectivity index (χ3n) is 5.69. The maximum absolute atomic E-state index is 13.7. The predicted molar refractivity (Wildman–Crippen MR) is 137 cm³/mol. The molecule has 0 unspecified atom stereocenters. The summed E-state index contributed by atoms with van der Waals surface area (Å²) in [6.07, 6.45) is 0. The third-order valence-corrected chi connectivity index (χ3v) is 5.69. The van der Waals surface area contributed by atoms with Crippen LogP contribution in [-0.2, 0) is 0 Å². The van der Waals surface area contributed by atoms with Gasteiger partial charge in [0.2, 0.25) is 0 Å². The number of aromatic carboxylic acids is 1. The maximum atomic E-state index is 13.7. The van der Waals surface area contributed by atoms with Gasteiger partial charge in [-0.05, 0) is 49.2 Å². The van der Waals surface area contributed by atoms with E-state index in [4.69, 9.17) is 5.11 Å². The van der Waals surface area contributed by atoms with E-state index in [1.54, 1.807) is 12.1 Å². The van der Waals surface area contributed by atoms with Crippen LogP contribution in [0.3, 0.4) is 0 Å². The van der Waals surface area contributed by atoms with E-state index in [2.05, 4.69) is 29.0 Å². The molecule has 0 bridgehead atoms. The van der Waals surface area contributed by atoms with Crippen LogP contribution in [0.1, 0.15) is 40.7 Å². The van der Waals surface area contributed by atoms with Gasteiger partial charge in [0.1, 0.15) is 5.69 Å². The third kappa shape index (κ3) is 4.30. The number of amides is 1. The molecule has 0 radical (unpaired) electrons. The minimum atomic E-state index is -1.01. The average molecular weight is 454 g/mol. The number of carboxylic acids is 1. The summed E-state index contributed by atoms with van der Waals surface area (Å²) in [6.45, 7) is 4.11. The van der Waals surface area contributed by atoms with E-state index >= 15 is 0 Å². The number of hydrogen-bond acceptors (Lipinski definition) is 3. The van der Waals surface area contributed by atoms with Crippen LogP contribution < -0.4 is 10.6 Å². The molecule has 4 rings (SSSR count). The van der Waals surface area contributed by atoms with Crippen LogP contribution in [0.4, 0.5) is 11.4 Å². The molecule has 0 aliphatic carbocycles. The standard InChI is InChI=1S/C28H27N3O3/c1-18(2)31-25(20-12-8-5-9-13-20)23(19-10-6-4-7-11-19)24(29-3)26(31)27(32)30-22-16-14-21(15-17-22)28(33)34/h4-18,29H,1-3H3,(H,30,32)(H,33,34). The normalized spacial score (nSPS) is 10.8. The first-order chi connectivity index (χ1) is 16.4. The number of carbonyl (C=O) groups is 2. The van der Waals surface area contributed by atoms with Crippen LogP contribution in [0.25, 0.3) is 22.4 Å². The minimum Gasteiger partial charge on any atom is -0.478 e. The van der Waals surface area contributed by atoms with Crippen molar-refractivity contribution < 1.29 is 14.7 Å². The second-order valence-electron chi connectivity index (χ2n) is 8.23. The molecule has 0 saturated heterocycles. The van der Waals surface area contributed by atoms with Gasteiger partial charge in [-0.3, -0.25) is 4.79 Å². The van der Waals surface area contributed by atoms with Crippen LogP contribution >= 0.6 is 0 Å². The van der Waals surface area contributed by atoms with Crippen molar-refractivity contribution in [3.63, 3.8) is 0 Å². The van der Waals surface area contributed by atoms with E-state index in [0.29, 0.717) is 11.4 Å². The van der Waals surface area contributed by atoms with E-state index in [1.165, 1.54) is 12.1 Å². The Labute approximate surface area is 198 Å². The zero-order valence-corrected chi connectivity index (χ0v) is 19.4. The lowest BCUT2D eigenvalue weighted by atomic mass is 9.99. The summed E-state index contributed by atoms with van der Waals surface area (Å²) in [6, 6.07) is 26.2.